The van der Waals surface area contributed by atoms with Gasteiger partial charge in [0.1, 0.15) is 17.0 Å². The van der Waals surface area contributed by atoms with Crippen molar-refractivity contribution < 1.29 is 14.6 Å². The number of hydrogen-bond acceptors (Lipinski definition) is 4. The molecular weight excluding hydrogens is 381 g/mol. The van der Waals surface area contributed by atoms with Crippen molar-refractivity contribution in [3.8, 4) is 0 Å². The number of rotatable bonds is 6. The minimum atomic E-state index is -1.96. The number of methoxy groups -OCH3 is 1. The van der Waals surface area contributed by atoms with Gasteiger partial charge in [-0.2, -0.15) is 0 Å². The van der Waals surface area contributed by atoms with Crippen LogP contribution in [0.2, 0.25) is 0 Å². The van der Waals surface area contributed by atoms with Crippen molar-refractivity contribution in [1.82, 2.24) is 4.98 Å². The van der Waals surface area contributed by atoms with Crippen LogP contribution < -0.4 is 5.30 Å². The predicted molar refractivity (Wildman–Crippen MR) is 120 cm³/mol. The van der Waals surface area contributed by atoms with Crippen molar-refractivity contribution >= 4 is 24.3 Å². The first-order valence-corrected chi connectivity index (χ1v) is 12.1. The van der Waals surface area contributed by atoms with E-state index in [1.54, 1.807) is 24.5 Å². The first-order chi connectivity index (χ1) is 14.0. The maximum atomic E-state index is 13.0. The number of aliphatic hydroxyl groups is 1. The van der Waals surface area contributed by atoms with E-state index in [1.165, 1.54) is 7.11 Å². The summed E-state index contributed by atoms with van der Waals surface area (Å²) in [4.78, 5) is 17.0. The van der Waals surface area contributed by atoms with Gasteiger partial charge in [0.05, 0.1) is 33.0 Å². The SMILES string of the molecule is COC(=O)/C(=C(/O)c1ccncc1)[C@H](c1ccccc1)[P+](C)(C)c1ccccc1. The standard InChI is InChI=1S/C24H24NO3P/c1-28-24(27)21(22(26)18-14-16-25-17-15-18)23(19-10-6-4-7-11-19)29(2,3)20-12-8-5-9-13-20/h4-17,23H,1-3H3/p+1/t23-/m0/s1. The van der Waals surface area contributed by atoms with E-state index in [-0.39, 0.29) is 17.0 Å². The lowest BCUT2D eigenvalue weighted by Gasteiger charge is -2.30. The molecule has 1 N–H and O–H groups in total. The third-order valence-electron chi connectivity index (χ3n) is 5.07. The molecule has 0 unspecified atom stereocenters. The molecule has 1 aromatic heterocycles. The number of carbonyl (C=O) groups is 1. The summed E-state index contributed by atoms with van der Waals surface area (Å²) in [6.45, 7) is 4.37. The lowest BCUT2D eigenvalue weighted by atomic mass is 10.0. The Morgan fingerprint density at radius 1 is 0.931 bits per heavy atom. The Kier molecular flexibility index (Phi) is 6.46. The maximum absolute atomic E-state index is 13.0. The van der Waals surface area contributed by atoms with Gasteiger partial charge in [-0.25, -0.2) is 4.79 Å². The van der Waals surface area contributed by atoms with Crippen LogP contribution in [0.15, 0.2) is 90.8 Å². The fourth-order valence-electron chi connectivity index (χ4n) is 3.57. The highest BCUT2D eigenvalue weighted by atomic mass is 31.2. The largest absolute Gasteiger partial charge is 0.507 e. The Morgan fingerprint density at radius 2 is 1.48 bits per heavy atom. The number of esters is 1. The molecule has 3 aromatic rings. The molecule has 1 atom stereocenters. The molecule has 0 aliphatic carbocycles. The topological polar surface area (TPSA) is 59.4 Å². The van der Waals surface area contributed by atoms with E-state index < -0.39 is 13.2 Å². The lowest BCUT2D eigenvalue weighted by molar-refractivity contribution is -0.136. The Balaban J connectivity index is 2.30. The van der Waals surface area contributed by atoms with Gasteiger partial charge in [-0.05, 0) is 29.8 Å². The minimum absolute atomic E-state index is 0.0721. The van der Waals surface area contributed by atoms with E-state index in [1.807, 2.05) is 48.5 Å². The molecule has 3 rings (SSSR count). The van der Waals surface area contributed by atoms with Gasteiger partial charge in [0.2, 0.25) is 0 Å². The summed E-state index contributed by atoms with van der Waals surface area (Å²) in [7, 11) is -0.613. The van der Waals surface area contributed by atoms with Crippen LogP contribution in [0.3, 0.4) is 0 Å². The first kappa shape index (κ1) is 20.8. The van der Waals surface area contributed by atoms with Crippen LogP contribution in [-0.4, -0.2) is 36.5 Å². The van der Waals surface area contributed by atoms with E-state index in [9.17, 15) is 9.90 Å². The van der Waals surface area contributed by atoms with Crippen molar-refractivity contribution in [3.05, 3.63) is 102 Å². The Bertz CT molecular complexity index is 986. The number of aliphatic hydroxyl groups excluding tert-OH is 1. The number of benzene rings is 2. The van der Waals surface area contributed by atoms with Gasteiger partial charge in [0, 0.05) is 18.0 Å². The Labute approximate surface area is 172 Å². The third-order valence-corrected chi connectivity index (χ3v) is 8.55. The van der Waals surface area contributed by atoms with Crippen LogP contribution in [0.5, 0.6) is 0 Å². The summed E-state index contributed by atoms with van der Waals surface area (Å²) in [5.41, 5.74) is 1.45. The number of carbonyl (C=O) groups excluding carboxylic acids is 1. The van der Waals surface area contributed by atoms with Gasteiger partial charge in [-0.1, -0.05) is 48.5 Å². The molecule has 2 aromatic carbocycles. The van der Waals surface area contributed by atoms with Crippen LogP contribution in [-0.2, 0) is 9.53 Å². The van der Waals surface area contributed by atoms with Crippen LogP contribution in [0.4, 0.5) is 0 Å². The highest BCUT2D eigenvalue weighted by Crippen LogP contribution is 2.66. The number of pyridine rings is 1. The van der Waals surface area contributed by atoms with E-state index in [2.05, 4.69) is 30.4 Å². The highest BCUT2D eigenvalue weighted by molar-refractivity contribution is 7.82. The number of nitrogens with zero attached hydrogens (tertiary/aromatic N) is 1. The molecule has 0 bridgehead atoms. The molecule has 4 nitrogen and oxygen atoms in total. The molecule has 0 spiro atoms. The molecule has 0 aliphatic rings. The Hall–Kier alpha value is -2.97. The zero-order chi connectivity index (χ0) is 20.9. The second-order valence-corrected chi connectivity index (χ2v) is 11.3. The fourth-order valence-corrected chi connectivity index (χ4v) is 6.60. The van der Waals surface area contributed by atoms with Crippen molar-refractivity contribution in [2.24, 2.45) is 0 Å². The van der Waals surface area contributed by atoms with Crippen LogP contribution in [0.25, 0.3) is 5.76 Å². The minimum Gasteiger partial charge on any atom is -0.507 e. The predicted octanol–water partition coefficient (Wildman–Crippen LogP) is 4.87. The molecule has 1 heterocycles. The molecule has 0 radical (unpaired) electrons. The van der Waals surface area contributed by atoms with Gasteiger partial charge in [-0.3, -0.25) is 4.98 Å². The quantitative estimate of drug-likeness (QED) is 0.275. The number of aromatic nitrogens is 1. The van der Waals surface area contributed by atoms with E-state index in [0.717, 1.165) is 10.9 Å². The summed E-state index contributed by atoms with van der Waals surface area (Å²) < 4.78 is 5.13. The van der Waals surface area contributed by atoms with Crippen molar-refractivity contribution in [2.75, 3.05) is 20.4 Å². The van der Waals surface area contributed by atoms with Crippen LogP contribution in [0, 0.1) is 0 Å². The summed E-state index contributed by atoms with van der Waals surface area (Å²) in [5, 5.41) is 12.4. The Morgan fingerprint density at radius 3 is 2.03 bits per heavy atom. The molecule has 0 aliphatic heterocycles. The first-order valence-electron chi connectivity index (χ1n) is 9.33. The van der Waals surface area contributed by atoms with E-state index >= 15 is 0 Å². The maximum Gasteiger partial charge on any atom is 0.341 e. The average Bonchev–Trinajstić information content (AvgIpc) is 2.78. The number of hydrogen-bond donors (Lipinski definition) is 1. The van der Waals surface area contributed by atoms with Crippen molar-refractivity contribution in [1.29, 1.82) is 0 Å². The monoisotopic (exact) mass is 406 g/mol. The molecule has 0 amide bonds. The molecular formula is C24H25NO3P+. The molecule has 0 fully saturated rings. The second kappa shape index (κ2) is 9.02. The summed E-state index contributed by atoms with van der Waals surface area (Å²) in [6.07, 6.45) is 3.19. The molecule has 148 valence electrons. The molecule has 0 saturated heterocycles. The zero-order valence-electron chi connectivity index (χ0n) is 16.8. The van der Waals surface area contributed by atoms with E-state index in [0.29, 0.717) is 5.56 Å². The zero-order valence-corrected chi connectivity index (χ0v) is 17.7. The number of ether oxygens (including phenoxy) is 1. The highest BCUT2D eigenvalue weighted by Gasteiger charge is 2.46. The molecule has 29 heavy (non-hydrogen) atoms. The van der Waals surface area contributed by atoms with Gasteiger partial charge in [-0.15, -0.1) is 0 Å². The third kappa shape index (κ3) is 4.38. The summed E-state index contributed by atoms with van der Waals surface area (Å²) in [5.74, 6) is -0.603. The van der Waals surface area contributed by atoms with Gasteiger partial charge >= 0.3 is 5.97 Å². The van der Waals surface area contributed by atoms with Crippen LogP contribution >= 0.6 is 7.26 Å². The molecule has 5 heteroatoms. The molecule has 0 saturated carbocycles. The second-order valence-electron chi connectivity index (χ2n) is 7.18. The average molecular weight is 406 g/mol. The summed E-state index contributed by atoms with van der Waals surface area (Å²) in [6, 6.07) is 23.4. The lowest BCUT2D eigenvalue weighted by Crippen LogP contribution is -2.23. The fraction of sp³-hybridized carbons (Fsp3) is 0.167. The van der Waals surface area contributed by atoms with Crippen molar-refractivity contribution in [3.63, 3.8) is 0 Å². The van der Waals surface area contributed by atoms with E-state index in [4.69, 9.17) is 4.74 Å². The smallest absolute Gasteiger partial charge is 0.341 e. The van der Waals surface area contributed by atoms with Gasteiger partial charge in [0.25, 0.3) is 0 Å². The summed E-state index contributed by atoms with van der Waals surface area (Å²) >= 11 is 0. The van der Waals surface area contributed by atoms with Gasteiger partial charge < -0.3 is 9.84 Å². The van der Waals surface area contributed by atoms with Crippen LogP contribution in [0.1, 0.15) is 16.8 Å². The normalized spacial score (nSPS) is 13.3. The van der Waals surface area contributed by atoms with Gasteiger partial charge in [0.15, 0.2) is 0 Å². The van der Waals surface area contributed by atoms with Crippen molar-refractivity contribution in [2.45, 2.75) is 5.66 Å².